The molecule has 0 aromatic heterocycles. The molecule has 0 aromatic rings. The lowest BCUT2D eigenvalue weighted by molar-refractivity contribution is 0.649. The Balaban J connectivity index is 3.41. The molecule has 0 fully saturated rings. The van der Waals surface area contributed by atoms with Gasteiger partial charge in [0.15, 0.2) is 0 Å². The smallest absolute Gasteiger partial charge is 0.0353 e. The van der Waals surface area contributed by atoms with E-state index in [0.717, 1.165) is 5.88 Å². The van der Waals surface area contributed by atoms with Gasteiger partial charge < -0.3 is 0 Å². The first-order valence-corrected chi connectivity index (χ1v) is 6.13. The van der Waals surface area contributed by atoms with E-state index in [0.29, 0.717) is 11.2 Å². The van der Waals surface area contributed by atoms with E-state index in [9.17, 15) is 0 Å². The van der Waals surface area contributed by atoms with E-state index in [4.69, 9.17) is 11.6 Å². The van der Waals surface area contributed by atoms with Crippen molar-refractivity contribution in [3.63, 3.8) is 0 Å². The molecule has 0 amide bonds. The number of alkyl halides is 1. The second kappa shape index (κ2) is 5.75. The van der Waals surface area contributed by atoms with Crippen LogP contribution in [0.15, 0.2) is 0 Å². The molecule has 0 nitrogen and oxygen atoms in total. The molecule has 0 rings (SSSR count). The molecule has 0 aliphatic carbocycles. The molecule has 0 saturated heterocycles. The Morgan fingerprint density at radius 2 is 2.00 bits per heavy atom. The second-order valence-electron chi connectivity index (χ2n) is 2.20. The van der Waals surface area contributed by atoms with Crippen molar-refractivity contribution < 1.29 is 0 Å². The lowest BCUT2D eigenvalue weighted by atomic mass is 10.1. The van der Waals surface area contributed by atoms with Crippen molar-refractivity contribution in [1.82, 2.24) is 0 Å². The fourth-order valence-electron chi connectivity index (χ4n) is 0.439. The van der Waals surface area contributed by atoms with Gasteiger partial charge in [0, 0.05) is 11.1 Å². The monoisotopic (exact) mass is 184 g/mol. The molecule has 0 radical (unpaired) electrons. The van der Waals surface area contributed by atoms with Gasteiger partial charge in [0.05, 0.1) is 0 Å². The lowest BCUT2D eigenvalue weighted by Crippen LogP contribution is -2.11. The molecule has 0 N–H and O–H groups in total. The minimum Gasteiger partial charge on any atom is -0.125 e. The number of hydrogen-bond donors (Lipinski definition) is 0. The van der Waals surface area contributed by atoms with Gasteiger partial charge in [-0.15, -0.1) is 11.6 Å². The van der Waals surface area contributed by atoms with Crippen molar-refractivity contribution in [1.29, 1.82) is 0 Å². The third-order valence-corrected chi connectivity index (χ3v) is 4.10. The zero-order chi connectivity index (χ0) is 7.28. The van der Waals surface area contributed by atoms with Crippen LogP contribution in [-0.4, -0.2) is 17.4 Å². The Morgan fingerprint density at radius 3 is 2.11 bits per heavy atom. The average molecular weight is 185 g/mol. The van der Waals surface area contributed by atoms with Gasteiger partial charge in [0.25, 0.3) is 0 Å². The van der Waals surface area contributed by atoms with E-state index in [1.165, 1.54) is 0 Å². The lowest BCUT2D eigenvalue weighted by Gasteiger charge is -2.14. The van der Waals surface area contributed by atoms with E-state index in [2.05, 4.69) is 20.1 Å². The maximum atomic E-state index is 5.71. The largest absolute Gasteiger partial charge is 0.125 e. The Hall–Kier alpha value is 0.990. The third-order valence-electron chi connectivity index (χ3n) is 1.12. The maximum Gasteiger partial charge on any atom is 0.0353 e. The van der Waals surface area contributed by atoms with Crippen LogP contribution in [0.25, 0.3) is 0 Å². The van der Waals surface area contributed by atoms with Crippen molar-refractivity contribution in [3.8, 4) is 0 Å². The highest BCUT2D eigenvalue weighted by molar-refractivity contribution is 8.76. The van der Waals surface area contributed by atoms with Gasteiger partial charge in [-0.25, -0.2) is 0 Å². The highest BCUT2D eigenvalue weighted by Gasteiger charge is 2.10. The molecule has 0 unspecified atom stereocenters. The molecule has 0 heterocycles. The SMILES string of the molecule is CSS[C@H](CCl)C(C)C. The molecule has 0 saturated carbocycles. The fourth-order valence-corrected chi connectivity index (χ4v) is 3.34. The van der Waals surface area contributed by atoms with Crippen molar-refractivity contribution >= 4 is 33.2 Å². The molecule has 56 valence electrons. The van der Waals surface area contributed by atoms with E-state index in [-0.39, 0.29) is 0 Å². The Kier molecular flexibility index (Phi) is 6.38. The summed E-state index contributed by atoms with van der Waals surface area (Å²) >= 11 is 5.71. The van der Waals surface area contributed by atoms with Gasteiger partial charge in [-0.2, -0.15) is 0 Å². The topological polar surface area (TPSA) is 0 Å². The first kappa shape index (κ1) is 9.99. The molecule has 0 spiro atoms. The summed E-state index contributed by atoms with van der Waals surface area (Å²) in [6.07, 6.45) is 2.09. The number of rotatable bonds is 4. The zero-order valence-electron chi connectivity index (χ0n) is 6.06. The average Bonchev–Trinajstić information content (AvgIpc) is 1.82. The van der Waals surface area contributed by atoms with Crippen LogP contribution >= 0.6 is 33.2 Å². The summed E-state index contributed by atoms with van der Waals surface area (Å²) in [5.41, 5.74) is 0. The van der Waals surface area contributed by atoms with Crippen LogP contribution in [0.2, 0.25) is 0 Å². The summed E-state index contributed by atoms with van der Waals surface area (Å²) in [5.74, 6) is 1.46. The van der Waals surface area contributed by atoms with Crippen LogP contribution in [0.4, 0.5) is 0 Å². The van der Waals surface area contributed by atoms with E-state index in [1.54, 1.807) is 10.8 Å². The highest BCUT2D eigenvalue weighted by Crippen LogP contribution is 2.29. The predicted molar refractivity (Wildman–Crippen MR) is 50.5 cm³/mol. The molecule has 0 aliphatic heterocycles. The van der Waals surface area contributed by atoms with Gasteiger partial charge in [0.1, 0.15) is 0 Å². The minimum absolute atomic E-state index is 0.613. The zero-order valence-corrected chi connectivity index (χ0v) is 8.45. The Labute approximate surface area is 70.5 Å². The molecule has 0 aromatic carbocycles. The van der Waals surface area contributed by atoms with E-state index < -0.39 is 0 Å². The van der Waals surface area contributed by atoms with Crippen molar-refractivity contribution in [3.05, 3.63) is 0 Å². The Bertz CT molecular complexity index is 66.1. The van der Waals surface area contributed by atoms with Gasteiger partial charge in [-0.1, -0.05) is 35.4 Å². The van der Waals surface area contributed by atoms with Crippen molar-refractivity contribution in [2.24, 2.45) is 5.92 Å². The predicted octanol–water partition coefficient (Wildman–Crippen LogP) is 3.26. The van der Waals surface area contributed by atoms with Crippen molar-refractivity contribution in [2.45, 2.75) is 19.1 Å². The maximum absolute atomic E-state index is 5.71. The summed E-state index contributed by atoms with van der Waals surface area (Å²) in [5, 5.41) is 0.613. The van der Waals surface area contributed by atoms with Crippen LogP contribution in [0.5, 0.6) is 0 Å². The van der Waals surface area contributed by atoms with Gasteiger partial charge in [0.2, 0.25) is 0 Å². The molecule has 3 heteroatoms. The number of hydrogen-bond acceptors (Lipinski definition) is 2. The summed E-state index contributed by atoms with van der Waals surface area (Å²) < 4.78 is 0. The molecule has 0 bridgehead atoms. The van der Waals surface area contributed by atoms with Crippen LogP contribution in [0.1, 0.15) is 13.8 Å². The van der Waals surface area contributed by atoms with Crippen LogP contribution in [-0.2, 0) is 0 Å². The molecule has 0 aliphatic rings. The van der Waals surface area contributed by atoms with Gasteiger partial charge >= 0.3 is 0 Å². The fraction of sp³-hybridized carbons (Fsp3) is 1.00. The third kappa shape index (κ3) is 4.40. The molecule has 9 heavy (non-hydrogen) atoms. The van der Waals surface area contributed by atoms with Crippen molar-refractivity contribution in [2.75, 3.05) is 12.1 Å². The summed E-state index contributed by atoms with van der Waals surface area (Å²) in [7, 11) is 3.66. The standard InChI is InChI=1S/C6H13ClS2/c1-5(2)6(4-7)9-8-3/h5-6H,4H2,1-3H3/t6-/m1/s1. The molecule has 1 atom stereocenters. The van der Waals surface area contributed by atoms with Crippen LogP contribution < -0.4 is 0 Å². The van der Waals surface area contributed by atoms with Gasteiger partial charge in [-0.05, 0) is 12.2 Å². The van der Waals surface area contributed by atoms with E-state index in [1.807, 2.05) is 10.8 Å². The molecular formula is C6H13ClS2. The van der Waals surface area contributed by atoms with Gasteiger partial charge in [-0.3, -0.25) is 0 Å². The quantitative estimate of drug-likeness (QED) is 0.486. The first-order chi connectivity index (χ1) is 4.22. The first-order valence-electron chi connectivity index (χ1n) is 2.97. The highest BCUT2D eigenvalue weighted by atomic mass is 35.5. The van der Waals surface area contributed by atoms with Crippen LogP contribution in [0.3, 0.4) is 0 Å². The molecular weight excluding hydrogens is 172 g/mol. The second-order valence-corrected chi connectivity index (χ2v) is 5.22. The van der Waals surface area contributed by atoms with Crippen LogP contribution in [0, 0.1) is 5.92 Å². The number of halogens is 1. The van der Waals surface area contributed by atoms with E-state index >= 15 is 0 Å². The minimum atomic E-state index is 0.613. The summed E-state index contributed by atoms with van der Waals surface area (Å²) in [6.45, 7) is 4.41. The summed E-state index contributed by atoms with van der Waals surface area (Å²) in [6, 6.07) is 0. The Morgan fingerprint density at radius 1 is 1.44 bits per heavy atom. The summed E-state index contributed by atoms with van der Waals surface area (Å²) in [4.78, 5) is 0. The normalized spacial score (nSPS) is 14.3.